The number of aliphatic imine (C=N–C) groups is 1. The van der Waals surface area contributed by atoms with Gasteiger partial charge in [0.1, 0.15) is 0 Å². The van der Waals surface area contributed by atoms with E-state index in [0.717, 1.165) is 13.0 Å². The van der Waals surface area contributed by atoms with Gasteiger partial charge in [-0.3, -0.25) is 4.99 Å². The van der Waals surface area contributed by atoms with Crippen molar-refractivity contribution in [1.82, 2.24) is 0 Å². The highest BCUT2D eigenvalue weighted by molar-refractivity contribution is 5.97. The largest absolute Gasteiger partial charge is 0.289 e. The molecule has 1 unspecified atom stereocenters. The minimum absolute atomic E-state index is 0.714. The molecular weight excluding hydrogens is 146 g/mol. The monoisotopic (exact) mass is 161 g/mol. The number of nitrogens with zero attached hydrogens (tertiary/aromatic N) is 1. The molecule has 0 radical (unpaired) electrons. The summed E-state index contributed by atoms with van der Waals surface area (Å²) < 4.78 is 0. The molecular formula is C11H15N. The van der Waals surface area contributed by atoms with Crippen molar-refractivity contribution in [1.29, 1.82) is 0 Å². The first-order valence-electron chi connectivity index (χ1n) is 4.83. The third-order valence-corrected chi connectivity index (χ3v) is 2.57. The number of dihydropyridines is 1. The van der Waals surface area contributed by atoms with Crippen LogP contribution < -0.4 is 0 Å². The Bertz CT molecular complexity index is 235. The van der Waals surface area contributed by atoms with Gasteiger partial charge in [-0.25, -0.2) is 0 Å². The minimum atomic E-state index is 0.714. The second-order valence-corrected chi connectivity index (χ2v) is 3.48. The van der Waals surface area contributed by atoms with Crippen LogP contribution in [0.2, 0.25) is 0 Å². The van der Waals surface area contributed by atoms with E-state index in [0.29, 0.717) is 5.92 Å². The molecule has 1 aliphatic heterocycles. The van der Waals surface area contributed by atoms with E-state index in [4.69, 9.17) is 0 Å². The van der Waals surface area contributed by atoms with E-state index in [2.05, 4.69) is 29.3 Å². The second kappa shape index (κ2) is 3.70. The Hall–Kier alpha value is -0.850. The first kappa shape index (κ1) is 7.78. The Labute approximate surface area is 73.9 Å². The van der Waals surface area contributed by atoms with Gasteiger partial charge in [0.25, 0.3) is 0 Å². The molecule has 2 aliphatic rings. The molecule has 0 spiro atoms. The highest BCUT2D eigenvalue weighted by Crippen LogP contribution is 2.21. The lowest BCUT2D eigenvalue weighted by molar-refractivity contribution is 0.615. The lowest BCUT2D eigenvalue weighted by atomic mass is 9.89. The fourth-order valence-electron chi connectivity index (χ4n) is 1.85. The van der Waals surface area contributed by atoms with E-state index >= 15 is 0 Å². The van der Waals surface area contributed by atoms with Crippen molar-refractivity contribution in [3.05, 3.63) is 24.3 Å². The molecule has 1 heterocycles. The molecule has 0 bridgehead atoms. The third-order valence-electron chi connectivity index (χ3n) is 2.57. The molecule has 0 amide bonds. The van der Waals surface area contributed by atoms with Gasteiger partial charge >= 0.3 is 0 Å². The maximum atomic E-state index is 4.55. The van der Waals surface area contributed by atoms with Gasteiger partial charge in [0.15, 0.2) is 0 Å². The Morgan fingerprint density at radius 3 is 2.83 bits per heavy atom. The van der Waals surface area contributed by atoms with Crippen LogP contribution in [-0.2, 0) is 0 Å². The number of hydrogen-bond acceptors (Lipinski definition) is 1. The van der Waals surface area contributed by atoms with E-state index in [-0.39, 0.29) is 0 Å². The molecule has 64 valence electrons. The van der Waals surface area contributed by atoms with Crippen molar-refractivity contribution in [2.75, 3.05) is 6.54 Å². The topological polar surface area (TPSA) is 12.4 Å². The summed E-state index contributed by atoms with van der Waals surface area (Å²) in [4.78, 5) is 4.55. The van der Waals surface area contributed by atoms with Crippen molar-refractivity contribution < 1.29 is 0 Å². The molecule has 0 aromatic carbocycles. The minimum Gasteiger partial charge on any atom is -0.289 e. The zero-order valence-electron chi connectivity index (χ0n) is 7.37. The van der Waals surface area contributed by atoms with Crippen LogP contribution in [0.15, 0.2) is 29.3 Å². The summed E-state index contributed by atoms with van der Waals surface area (Å²) in [5.41, 5.74) is 1.34. The Balaban J connectivity index is 2.03. The average molecular weight is 161 g/mol. The van der Waals surface area contributed by atoms with Gasteiger partial charge in [0.05, 0.1) is 0 Å². The van der Waals surface area contributed by atoms with Crippen molar-refractivity contribution in [2.45, 2.75) is 25.7 Å². The number of hydrogen-bond donors (Lipinski definition) is 0. The van der Waals surface area contributed by atoms with Gasteiger partial charge < -0.3 is 0 Å². The first-order valence-corrected chi connectivity index (χ1v) is 4.83. The lowest BCUT2D eigenvalue weighted by Crippen LogP contribution is -2.15. The van der Waals surface area contributed by atoms with Crippen molar-refractivity contribution in [2.24, 2.45) is 10.9 Å². The first-order chi connectivity index (χ1) is 5.97. The zero-order valence-corrected chi connectivity index (χ0v) is 7.37. The van der Waals surface area contributed by atoms with Crippen molar-refractivity contribution >= 4 is 5.71 Å². The second-order valence-electron chi connectivity index (χ2n) is 3.48. The van der Waals surface area contributed by atoms with Crippen LogP contribution in [0.3, 0.4) is 0 Å². The molecule has 1 aliphatic carbocycles. The molecule has 0 aromatic heterocycles. The molecule has 1 atom stereocenters. The molecule has 1 nitrogen and oxygen atoms in total. The van der Waals surface area contributed by atoms with Gasteiger partial charge in [-0.15, -0.1) is 0 Å². The maximum absolute atomic E-state index is 4.55. The van der Waals surface area contributed by atoms with Crippen LogP contribution in [0.25, 0.3) is 0 Å². The van der Waals surface area contributed by atoms with Crippen LogP contribution in [0.4, 0.5) is 0 Å². The van der Waals surface area contributed by atoms with Gasteiger partial charge in [-0.1, -0.05) is 18.2 Å². The molecule has 0 aromatic rings. The van der Waals surface area contributed by atoms with Gasteiger partial charge in [0, 0.05) is 18.2 Å². The zero-order chi connectivity index (χ0) is 8.23. The van der Waals surface area contributed by atoms with Crippen molar-refractivity contribution in [3.63, 3.8) is 0 Å². The fraction of sp³-hybridized carbons (Fsp3) is 0.545. The summed E-state index contributed by atoms with van der Waals surface area (Å²) in [6.45, 7) is 1.01. The maximum Gasteiger partial charge on any atom is 0.0427 e. The fourth-order valence-corrected chi connectivity index (χ4v) is 1.85. The van der Waals surface area contributed by atoms with Gasteiger partial charge in [-0.2, -0.15) is 0 Å². The lowest BCUT2D eigenvalue weighted by Gasteiger charge is -2.19. The van der Waals surface area contributed by atoms with E-state index in [9.17, 15) is 0 Å². The molecule has 0 saturated heterocycles. The van der Waals surface area contributed by atoms with Crippen LogP contribution >= 0.6 is 0 Å². The molecule has 0 N–H and O–H groups in total. The summed E-state index contributed by atoms with van der Waals surface area (Å²) >= 11 is 0. The molecule has 12 heavy (non-hydrogen) atoms. The normalized spacial score (nSPS) is 28.7. The SMILES string of the molecule is C1=CC(C2CC=CCC2)=NCC1. The van der Waals surface area contributed by atoms with Crippen molar-refractivity contribution in [3.8, 4) is 0 Å². The van der Waals surface area contributed by atoms with E-state index in [1.807, 2.05) is 0 Å². The molecule has 2 rings (SSSR count). The smallest absolute Gasteiger partial charge is 0.0427 e. The summed E-state index contributed by atoms with van der Waals surface area (Å²) in [5, 5.41) is 0. The van der Waals surface area contributed by atoms with Crippen LogP contribution in [0, 0.1) is 5.92 Å². The number of allylic oxidation sites excluding steroid dienone is 3. The summed E-state index contributed by atoms with van der Waals surface area (Å²) in [5.74, 6) is 0.714. The Kier molecular flexibility index (Phi) is 2.40. The van der Waals surface area contributed by atoms with Crippen LogP contribution in [-0.4, -0.2) is 12.3 Å². The molecule has 1 heteroatoms. The third kappa shape index (κ3) is 1.66. The predicted octanol–water partition coefficient (Wildman–Crippen LogP) is 2.74. The molecule has 0 saturated carbocycles. The van der Waals surface area contributed by atoms with E-state index < -0.39 is 0 Å². The number of rotatable bonds is 1. The Morgan fingerprint density at radius 2 is 2.17 bits per heavy atom. The highest BCUT2D eigenvalue weighted by Gasteiger charge is 2.14. The highest BCUT2D eigenvalue weighted by atomic mass is 14.7. The standard InChI is InChI=1S/C11H15N/c1-2-6-10(7-3-1)11-8-4-5-9-12-11/h1-2,4,8,10H,3,5-7,9H2. The molecule has 0 fully saturated rings. The van der Waals surface area contributed by atoms with E-state index in [1.54, 1.807) is 0 Å². The summed E-state index contributed by atoms with van der Waals surface area (Å²) in [6, 6.07) is 0. The predicted molar refractivity (Wildman–Crippen MR) is 52.5 cm³/mol. The van der Waals surface area contributed by atoms with Crippen LogP contribution in [0.5, 0.6) is 0 Å². The van der Waals surface area contributed by atoms with Gasteiger partial charge in [0.2, 0.25) is 0 Å². The average Bonchev–Trinajstić information content (AvgIpc) is 2.21. The summed E-state index contributed by atoms with van der Waals surface area (Å²) in [6.07, 6.45) is 13.9. The quantitative estimate of drug-likeness (QED) is 0.524. The van der Waals surface area contributed by atoms with E-state index in [1.165, 1.54) is 25.0 Å². The van der Waals surface area contributed by atoms with Crippen LogP contribution in [0.1, 0.15) is 25.7 Å². The van der Waals surface area contributed by atoms with Gasteiger partial charge in [-0.05, 0) is 31.8 Å². The Morgan fingerprint density at radius 1 is 1.17 bits per heavy atom. The summed E-state index contributed by atoms with van der Waals surface area (Å²) in [7, 11) is 0.